The molecule has 0 atom stereocenters. The third-order valence-electron chi connectivity index (χ3n) is 4.43. The Hall–Kier alpha value is -2.16. The van der Waals surface area contributed by atoms with Gasteiger partial charge in [-0.2, -0.15) is 17.7 Å². The molecule has 0 fully saturated rings. The first-order chi connectivity index (χ1) is 11.4. The van der Waals surface area contributed by atoms with Crippen LogP contribution in [0.5, 0.6) is 0 Å². The maximum atomic E-state index is 13.1. The van der Waals surface area contributed by atoms with E-state index in [1.807, 2.05) is 17.2 Å². The minimum absolute atomic E-state index is 0.150. The van der Waals surface area contributed by atoms with Crippen molar-refractivity contribution >= 4 is 22.8 Å². The van der Waals surface area contributed by atoms with Crippen LogP contribution in [0.3, 0.4) is 0 Å². The van der Waals surface area contributed by atoms with E-state index in [1.54, 1.807) is 18.3 Å². The van der Waals surface area contributed by atoms with E-state index < -0.39 is 12.0 Å². The highest BCUT2D eigenvalue weighted by molar-refractivity contribution is 7.10. The molecule has 1 aliphatic rings. The zero-order valence-electron chi connectivity index (χ0n) is 13.1. The van der Waals surface area contributed by atoms with Crippen molar-refractivity contribution in [3.05, 3.63) is 38.8 Å². The monoisotopic (exact) mass is 353 g/mol. The summed E-state index contributed by atoms with van der Waals surface area (Å²) in [6, 6.07) is 2.06. The molecule has 0 bridgehead atoms. The van der Waals surface area contributed by atoms with E-state index in [0.29, 0.717) is 17.9 Å². The molecule has 5 nitrogen and oxygen atoms in total. The summed E-state index contributed by atoms with van der Waals surface area (Å²) in [5, 5.41) is 13.3. The Labute approximate surface area is 139 Å². The lowest BCUT2D eigenvalue weighted by atomic mass is 10.1. The predicted molar refractivity (Wildman–Crippen MR) is 84.3 cm³/mol. The largest absolute Gasteiger partial charge is 0.453 e. The van der Waals surface area contributed by atoms with Gasteiger partial charge in [0.1, 0.15) is 0 Å². The van der Waals surface area contributed by atoms with Crippen LogP contribution in [0.25, 0.3) is 5.65 Å². The number of alkyl halides is 3. The van der Waals surface area contributed by atoms with Gasteiger partial charge < -0.3 is 4.90 Å². The van der Waals surface area contributed by atoms with Crippen LogP contribution >= 0.6 is 11.3 Å². The molecule has 0 spiro atoms. The van der Waals surface area contributed by atoms with Crippen molar-refractivity contribution in [2.45, 2.75) is 33.0 Å². The first-order valence-corrected chi connectivity index (χ1v) is 8.34. The number of thiophene rings is 1. The number of aryl methyl sites for hydroxylation is 1. The molecule has 0 amide bonds. The van der Waals surface area contributed by atoms with Gasteiger partial charge in [-0.15, -0.1) is 26.6 Å². The van der Waals surface area contributed by atoms with Crippen molar-refractivity contribution < 1.29 is 13.2 Å². The summed E-state index contributed by atoms with van der Waals surface area (Å²) in [4.78, 5) is 3.36. The second-order valence-electron chi connectivity index (χ2n) is 5.87. The zero-order valence-corrected chi connectivity index (χ0v) is 13.9. The Morgan fingerprint density at radius 2 is 1.96 bits per heavy atom. The van der Waals surface area contributed by atoms with Crippen molar-refractivity contribution in [3.63, 3.8) is 0 Å². The van der Waals surface area contributed by atoms with Crippen molar-refractivity contribution in [1.29, 1.82) is 0 Å². The fraction of sp³-hybridized carbons (Fsp3) is 0.400. The predicted octanol–water partition coefficient (Wildman–Crippen LogP) is 3.38. The Morgan fingerprint density at radius 1 is 1.17 bits per heavy atom. The molecule has 0 aromatic carbocycles. The second-order valence-corrected chi connectivity index (χ2v) is 6.87. The summed E-state index contributed by atoms with van der Waals surface area (Å²) in [5.41, 5.74) is 2.86. The molecular formula is C15H14F3N5S. The lowest BCUT2D eigenvalue weighted by molar-refractivity contribution is -0.146. The zero-order chi connectivity index (χ0) is 17.1. The number of fused-ring (bicyclic) bond motifs is 2. The Kier molecular flexibility index (Phi) is 3.31. The van der Waals surface area contributed by atoms with Gasteiger partial charge in [0, 0.05) is 29.1 Å². The highest BCUT2D eigenvalue weighted by atomic mass is 32.1. The van der Waals surface area contributed by atoms with Gasteiger partial charge in [-0.25, -0.2) is 0 Å². The van der Waals surface area contributed by atoms with Crippen LogP contribution < -0.4 is 4.90 Å². The van der Waals surface area contributed by atoms with Crippen molar-refractivity contribution in [3.8, 4) is 0 Å². The van der Waals surface area contributed by atoms with Crippen LogP contribution in [0.15, 0.2) is 11.4 Å². The van der Waals surface area contributed by atoms with Gasteiger partial charge in [-0.3, -0.25) is 0 Å². The lowest BCUT2D eigenvalue weighted by Gasteiger charge is -2.29. The summed E-state index contributed by atoms with van der Waals surface area (Å²) in [6.45, 7) is 5.00. The fourth-order valence-corrected chi connectivity index (χ4v) is 3.91. The standard InChI is InChI=1S/C15H14F3N5S/c1-8-9(2)13(22-5-3-11-10(7-22)4-6-24-11)21-23-12(8)19-20-14(23)15(16,17)18/h4,6H,3,5,7H2,1-2H3. The second kappa shape index (κ2) is 5.17. The molecule has 4 heterocycles. The van der Waals surface area contributed by atoms with Crippen molar-refractivity contribution in [2.75, 3.05) is 11.4 Å². The van der Waals surface area contributed by atoms with Gasteiger partial charge in [0.2, 0.25) is 0 Å². The fourth-order valence-electron chi connectivity index (χ4n) is 3.02. The van der Waals surface area contributed by atoms with E-state index >= 15 is 0 Å². The quantitative estimate of drug-likeness (QED) is 0.673. The van der Waals surface area contributed by atoms with Crippen LogP contribution in [0.2, 0.25) is 0 Å². The number of hydrogen-bond acceptors (Lipinski definition) is 5. The molecule has 0 N–H and O–H groups in total. The normalized spacial score (nSPS) is 15.1. The van der Waals surface area contributed by atoms with Crippen molar-refractivity contribution in [2.24, 2.45) is 0 Å². The van der Waals surface area contributed by atoms with Crippen LogP contribution in [0.1, 0.15) is 27.4 Å². The highest BCUT2D eigenvalue weighted by Gasteiger charge is 2.38. The summed E-state index contributed by atoms with van der Waals surface area (Å²) in [5.74, 6) is -0.530. The topological polar surface area (TPSA) is 46.3 Å². The third-order valence-corrected chi connectivity index (χ3v) is 5.45. The number of anilines is 1. The number of rotatable bonds is 1. The molecule has 0 unspecified atom stereocenters. The molecule has 24 heavy (non-hydrogen) atoms. The minimum atomic E-state index is -4.59. The Morgan fingerprint density at radius 3 is 2.71 bits per heavy atom. The van der Waals surface area contributed by atoms with Gasteiger partial charge in [0.15, 0.2) is 11.5 Å². The first kappa shape index (κ1) is 15.4. The van der Waals surface area contributed by atoms with Crippen LogP contribution in [-0.2, 0) is 19.1 Å². The number of aromatic nitrogens is 4. The Bertz CT molecular complexity index is 927. The number of hydrogen-bond donors (Lipinski definition) is 0. The summed E-state index contributed by atoms with van der Waals surface area (Å²) in [7, 11) is 0. The molecule has 1 aliphatic heterocycles. The molecule has 126 valence electrons. The van der Waals surface area contributed by atoms with Gasteiger partial charge in [-0.1, -0.05) is 0 Å². The van der Waals surface area contributed by atoms with E-state index in [0.717, 1.165) is 23.0 Å². The molecule has 3 aromatic heterocycles. The maximum absolute atomic E-state index is 13.1. The molecule has 0 saturated heterocycles. The molecule has 3 aromatic rings. The maximum Gasteiger partial charge on any atom is 0.453 e. The van der Waals surface area contributed by atoms with E-state index in [-0.39, 0.29) is 5.65 Å². The van der Waals surface area contributed by atoms with Gasteiger partial charge in [0.25, 0.3) is 5.82 Å². The van der Waals surface area contributed by atoms with E-state index in [4.69, 9.17) is 0 Å². The van der Waals surface area contributed by atoms with Gasteiger partial charge in [0.05, 0.1) is 0 Å². The molecule has 0 saturated carbocycles. The third kappa shape index (κ3) is 2.26. The molecule has 0 aliphatic carbocycles. The van der Waals surface area contributed by atoms with Crippen LogP contribution in [-0.4, -0.2) is 26.4 Å². The lowest BCUT2D eigenvalue weighted by Crippen LogP contribution is -2.31. The summed E-state index contributed by atoms with van der Waals surface area (Å²) < 4.78 is 40.2. The molecular weight excluding hydrogens is 339 g/mol. The van der Waals surface area contributed by atoms with Gasteiger partial charge in [-0.05, 0) is 37.3 Å². The molecule has 0 radical (unpaired) electrons. The Balaban J connectivity index is 1.85. The minimum Gasteiger partial charge on any atom is -0.350 e. The van der Waals surface area contributed by atoms with Crippen molar-refractivity contribution in [1.82, 2.24) is 19.8 Å². The highest BCUT2D eigenvalue weighted by Crippen LogP contribution is 2.33. The summed E-state index contributed by atoms with van der Waals surface area (Å²) in [6.07, 6.45) is -3.71. The van der Waals surface area contributed by atoms with Crippen LogP contribution in [0.4, 0.5) is 19.0 Å². The molecule has 9 heteroatoms. The van der Waals surface area contributed by atoms with Gasteiger partial charge >= 0.3 is 6.18 Å². The number of halogens is 3. The average molecular weight is 353 g/mol. The SMILES string of the molecule is Cc1c(N2CCc3sccc3C2)nn2c(C(F)(F)F)nnc2c1C. The molecule has 4 rings (SSSR count). The van der Waals surface area contributed by atoms with E-state index in [9.17, 15) is 13.2 Å². The summed E-state index contributed by atoms with van der Waals surface area (Å²) >= 11 is 1.72. The number of nitrogens with zero attached hydrogens (tertiary/aromatic N) is 5. The van der Waals surface area contributed by atoms with E-state index in [2.05, 4.69) is 21.4 Å². The van der Waals surface area contributed by atoms with E-state index in [1.165, 1.54) is 10.4 Å². The smallest absolute Gasteiger partial charge is 0.350 e. The average Bonchev–Trinajstić information content (AvgIpc) is 3.15. The first-order valence-electron chi connectivity index (χ1n) is 7.46. The van der Waals surface area contributed by atoms with Crippen LogP contribution in [0, 0.1) is 13.8 Å².